The molecular weight excluding hydrogens is 286 g/mol. The molecule has 1 fully saturated rings. The zero-order chi connectivity index (χ0) is 15.6. The SMILES string of the molecule is CCN1C(=O)N2CCc3c([nH]c4ccccc34)C23CCCC=C13. The highest BCUT2D eigenvalue weighted by molar-refractivity contribution is 5.89. The van der Waals surface area contributed by atoms with Gasteiger partial charge in [-0.1, -0.05) is 24.3 Å². The van der Waals surface area contributed by atoms with Crippen LogP contribution in [0.1, 0.15) is 37.4 Å². The predicted octanol–water partition coefficient (Wildman–Crippen LogP) is 3.74. The Labute approximate surface area is 135 Å². The Morgan fingerprint density at radius 1 is 1.30 bits per heavy atom. The molecule has 1 atom stereocenters. The summed E-state index contributed by atoms with van der Waals surface area (Å²) in [5.41, 5.74) is 4.83. The Hall–Kier alpha value is -2.23. The van der Waals surface area contributed by atoms with E-state index in [2.05, 4.69) is 47.1 Å². The second-order valence-electron chi connectivity index (χ2n) is 6.79. The van der Waals surface area contributed by atoms with Gasteiger partial charge in [-0.15, -0.1) is 0 Å². The normalized spacial score (nSPS) is 26.1. The molecule has 1 N–H and O–H groups in total. The van der Waals surface area contributed by atoms with Gasteiger partial charge in [-0.05, 0) is 44.2 Å². The minimum Gasteiger partial charge on any atom is -0.356 e. The molecule has 3 aliphatic rings. The van der Waals surface area contributed by atoms with Gasteiger partial charge in [-0.3, -0.25) is 4.90 Å². The fraction of sp³-hybridized carbons (Fsp3) is 0.421. The van der Waals surface area contributed by atoms with Crippen molar-refractivity contribution in [3.8, 4) is 0 Å². The van der Waals surface area contributed by atoms with Crippen LogP contribution in [-0.2, 0) is 12.0 Å². The Morgan fingerprint density at radius 2 is 2.17 bits per heavy atom. The Kier molecular flexibility index (Phi) is 2.53. The van der Waals surface area contributed by atoms with Gasteiger partial charge in [-0.2, -0.15) is 0 Å². The van der Waals surface area contributed by atoms with Crippen LogP contribution < -0.4 is 0 Å². The number of benzene rings is 1. The molecule has 5 rings (SSSR count). The van der Waals surface area contributed by atoms with Gasteiger partial charge in [-0.25, -0.2) is 4.79 Å². The number of nitrogens with one attached hydrogen (secondary N) is 1. The molecule has 3 heterocycles. The number of carbonyl (C=O) groups is 1. The Balaban J connectivity index is 1.83. The summed E-state index contributed by atoms with van der Waals surface area (Å²) in [6.45, 7) is 3.64. The minimum absolute atomic E-state index is 0.185. The number of para-hydroxylation sites is 1. The van der Waals surface area contributed by atoms with E-state index >= 15 is 0 Å². The first kappa shape index (κ1) is 13.2. The van der Waals surface area contributed by atoms with Crippen LogP contribution in [0.2, 0.25) is 0 Å². The third-order valence-corrected chi connectivity index (χ3v) is 5.85. The lowest BCUT2D eigenvalue weighted by molar-refractivity contribution is 0.140. The molecular formula is C19H21N3O. The number of hydrogen-bond acceptors (Lipinski definition) is 1. The van der Waals surface area contributed by atoms with Crippen LogP contribution in [0.4, 0.5) is 4.79 Å². The predicted molar refractivity (Wildman–Crippen MR) is 90.1 cm³/mol. The van der Waals surface area contributed by atoms with E-state index in [1.807, 2.05) is 4.90 Å². The monoisotopic (exact) mass is 307 g/mol. The first-order valence-electron chi connectivity index (χ1n) is 8.67. The molecule has 1 aliphatic carbocycles. The molecule has 1 aromatic carbocycles. The summed E-state index contributed by atoms with van der Waals surface area (Å²) < 4.78 is 0. The lowest BCUT2D eigenvalue weighted by Gasteiger charge is -2.43. The second kappa shape index (κ2) is 4.40. The fourth-order valence-electron chi connectivity index (χ4n) is 4.93. The van der Waals surface area contributed by atoms with Crippen LogP contribution >= 0.6 is 0 Å². The van der Waals surface area contributed by atoms with Crippen LogP contribution in [0.15, 0.2) is 36.0 Å². The van der Waals surface area contributed by atoms with Crippen LogP contribution in [0.3, 0.4) is 0 Å². The van der Waals surface area contributed by atoms with E-state index < -0.39 is 0 Å². The van der Waals surface area contributed by atoms with Gasteiger partial charge < -0.3 is 9.88 Å². The van der Waals surface area contributed by atoms with E-state index in [9.17, 15) is 4.79 Å². The molecule has 2 amide bonds. The number of carbonyl (C=O) groups excluding carboxylic acids is 1. The lowest BCUT2D eigenvalue weighted by atomic mass is 9.76. The first-order chi connectivity index (χ1) is 11.3. The van der Waals surface area contributed by atoms with Gasteiger partial charge in [0.2, 0.25) is 0 Å². The third-order valence-electron chi connectivity index (χ3n) is 5.85. The number of nitrogens with zero attached hydrogens (tertiary/aromatic N) is 2. The number of amides is 2. The summed E-state index contributed by atoms with van der Waals surface area (Å²) in [6, 6.07) is 8.73. The summed E-state index contributed by atoms with van der Waals surface area (Å²) in [5, 5.41) is 1.32. The van der Waals surface area contributed by atoms with Crippen molar-refractivity contribution in [1.29, 1.82) is 0 Å². The molecule has 118 valence electrons. The maximum Gasteiger partial charge on any atom is 0.325 e. The van der Waals surface area contributed by atoms with Crippen molar-refractivity contribution < 1.29 is 4.79 Å². The number of H-pyrrole nitrogens is 1. The fourth-order valence-corrected chi connectivity index (χ4v) is 4.93. The van der Waals surface area contributed by atoms with Crippen molar-refractivity contribution in [2.24, 2.45) is 0 Å². The number of allylic oxidation sites excluding steroid dienone is 1. The molecule has 0 radical (unpaired) electrons. The minimum atomic E-state index is -0.252. The number of hydrogen-bond donors (Lipinski definition) is 1. The highest BCUT2D eigenvalue weighted by atomic mass is 16.2. The van der Waals surface area contributed by atoms with Crippen molar-refractivity contribution in [2.75, 3.05) is 13.1 Å². The molecule has 4 nitrogen and oxygen atoms in total. The number of likely N-dealkylation sites (N-methyl/N-ethyl adjacent to an activating group) is 1. The average Bonchev–Trinajstić information content (AvgIpc) is 3.08. The van der Waals surface area contributed by atoms with E-state index in [0.717, 1.165) is 38.8 Å². The summed E-state index contributed by atoms with van der Waals surface area (Å²) in [4.78, 5) is 20.7. The summed E-state index contributed by atoms with van der Waals surface area (Å²) in [7, 11) is 0. The summed E-state index contributed by atoms with van der Waals surface area (Å²) in [5.74, 6) is 0. The molecule has 1 unspecified atom stereocenters. The number of rotatable bonds is 1. The van der Waals surface area contributed by atoms with Crippen LogP contribution in [0.5, 0.6) is 0 Å². The molecule has 2 aliphatic heterocycles. The van der Waals surface area contributed by atoms with Crippen molar-refractivity contribution in [3.63, 3.8) is 0 Å². The molecule has 1 spiro atoms. The number of urea groups is 1. The van der Waals surface area contributed by atoms with Gasteiger partial charge in [0.15, 0.2) is 0 Å². The van der Waals surface area contributed by atoms with E-state index in [-0.39, 0.29) is 11.6 Å². The molecule has 0 bridgehead atoms. The van der Waals surface area contributed by atoms with Gasteiger partial charge in [0.25, 0.3) is 0 Å². The second-order valence-corrected chi connectivity index (χ2v) is 6.79. The molecule has 0 saturated carbocycles. The van der Waals surface area contributed by atoms with Crippen LogP contribution in [0.25, 0.3) is 10.9 Å². The summed E-state index contributed by atoms with van der Waals surface area (Å²) in [6.07, 6.45) is 6.48. The maximum atomic E-state index is 13.0. The number of aromatic nitrogens is 1. The van der Waals surface area contributed by atoms with E-state index in [4.69, 9.17) is 0 Å². The zero-order valence-corrected chi connectivity index (χ0v) is 13.4. The lowest BCUT2D eigenvalue weighted by Crippen LogP contribution is -2.49. The molecule has 1 saturated heterocycles. The topological polar surface area (TPSA) is 39.3 Å². The molecule has 23 heavy (non-hydrogen) atoms. The number of aromatic amines is 1. The van der Waals surface area contributed by atoms with Crippen molar-refractivity contribution >= 4 is 16.9 Å². The van der Waals surface area contributed by atoms with Gasteiger partial charge >= 0.3 is 6.03 Å². The van der Waals surface area contributed by atoms with Crippen LogP contribution in [0, 0.1) is 0 Å². The van der Waals surface area contributed by atoms with E-state index in [1.54, 1.807) is 0 Å². The molecule has 1 aromatic heterocycles. The van der Waals surface area contributed by atoms with Gasteiger partial charge in [0, 0.05) is 24.0 Å². The highest BCUT2D eigenvalue weighted by Crippen LogP contribution is 2.53. The maximum absolute atomic E-state index is 13.0. The van der Waals surface area contributed by atoms with Crippen LogP contribution in [-0.4, -0.2) is 33.9 Å². The van der Waals surface area contributed by atoms with E-state index in [1.165, 1.54) is 27.9 Å². The highest BCUT2D eigenvalue weighted by Gasteiger charge is 2.57. The quantitative estimate of drug-likeness (QED) is 0.856. The largest absolute Gasteiger partial charge is 0.356 e. The van der Waals surface area contributed by atoms with Gasteiger partial charge in [0.1, 0.15) is 5.54 Å². The average molecular weight is 307 g/mol. The van der Waals surface area contributed by atoms with Crippen molar-refractivity contribution in [1.82, 2.24) is 14.8 Å². The molecule has 4 heteroatoms. The smallest absolute Gasteiger partial charge is 0.325 e. The Morgan fingerprint density at radius 3 is 3.04 bits per heavy atom. The third kappa shape index (κ3) is 1.44. The number of fused-ring (bicyclic) bond motifs is 3. The zero-order valence-electron chi connectivity index (χ0n) is 13.4. The molecule has 2 aromatic rings. The Bertz CT molecular complexity index is 849. The van der Waals surface area contributed by atoms with Crippen molar-refractivity contribution in [2.45, 2.75) is 38.1 Å². The standard InChI is InChI=1S/C19H21N3O/c1-2-21-16-9-5-6-11-19(16)17-14(10-12-22(19)18(21)23)13-7-3-4-8-15(13)20-17/h3-4,7-9,20H,2,5-6,10-12H2,1H3. The first-order valence-corrected chi connectivity index (χ1v) is 8.67. The van der Waals surface area contributed by atoms with Crippen molar-refractivity contribution in [3.05, 3.63) is 47.3 Å². The van der Waals surface area contributed by atoms with E-state index in [0.29, 0.717) is 0 Å². The van der Waals surface area contributed by atoms with Gasteiger partial charge in [0.05, 0.1) is 11.4 Å². The summed E-state index contributed by atoms with van der Waals surface area (Å²) >= 11 is 0.